The highest BCUT2D eigenvalue weighted by atomic mass is 16.2. The molecule has 4 nitrogen and oxygen atoms in total. The summed E-state index contributed by atoms with van der Waals surface area (Å²) in [5.74, 6) is -0.465. The lowest BCUT2D eigenvalue weighted by molar-refractivity contribution is -0.124. The van der Waals surface area contributed by atoms with Gasteiger partial charge in [-0.05, 0) is 20.8 Å². The van der Waals surface area contributed by atoms with E-state index in [-0.39, 0.29) is 5.91 Å². The Balaban J connectivity index is 2.68. The first kappa shape index (κ1) is 8.04. The fraction of sp³-hybridized carbons (Fsp3) is 0.714. The maximum atomic E-state index is 11.0. The van der Waals surface area contributed by atoms with Crippen molar-refractivity contribution in [1.29, 1.82) is 0 Å². The Labute approximate surface area is 65.3 Å². The van der Waals surface area contributed by atoms with E-state index in [1.54, 1.807) is 20.8 Å². The molecule has 0 radical (unpaired) electrons. The van der Waals surface area contributed by atoms with Crippen LogP contribution in [-0.4, -0.2) is 28.3 Å². The van der Waals surface area contributed by atoms with Crippen LogP contribution in [0.15, 0.2) is 0 Å². The van der Waals surface area contributed by atoms with Crippen molar-refractivity contribution >= 4 is 11.8 Å². The summed E-state index contributed by atoms with van der Waals surface area (Å²) in [4.78, 5) is 23.1. The van der Waals surface area contributed by atoms with Gasteiger partial charge in [0.1, 0.15) is 11.6 Å². The fourth-order valence-corrected chi connectivity index (χ4v) is 1.20. The maximum absolute atomic E-state index is 11.0. The second-order valence-corrected chi connectivity index (χ2v) is 3.31. The molecule has 1 atom stereocenters. The Morgan fingerprint density at radius 1 is 1.64 bits per heavy atom. The Hall–Kier alpha value is -1.06. The zero-order valence-corrected chi connectivity index (χ0v) is 6.92. The van der Waals surface area contributed by atoms with Crippen molar-refractivity contribution < 1.29 is 9.59 Å². The van der Waals surface area contributed by atoms with E-state index in [4.69, 9.17) is 5.73 Å². The third-order valence-electron chi connectivity index (χ3n) is 2.09. The number of primary amides is 1. The summed E-state index contributed by atoms with van der Waals surface area (Å²) in [5, 5.41) is 0. The minimum Gasteiger partial charge on any atom is -0.368 e. The molecule has 1 aliphatic heterocycles. The first-order chi connectivity index (χ1) is 4.89. The molecule has 4 heteroatoms. The van der Waals surface area contributed by atoms with E-state index >= 15 is 0 Å². The predicted molar refractivity (Wildman–Crippen MR) is 39.6 cm³/mol. The summed E-state index contributed by atoms with van der Waals surface area (Å²) in [6.07, 6.45) is 0. The van der Waals surface area contributed by atoms with Gasteiger partial charge in [-0.3, -0.25) is 9.59 Å². The monoisotopic (exact) mass is 156 g/mol. The summed E-state index contributed by atoms with van der Waals surface area (Å²) < 4.78 is 0. The highest BCUT2D eigenvalue weighted by Crippen LogP contribution is 2.35. The molecule has 2 N–H and O–H groups in total. The third-order valence-corrected chi connectivity index (χ3v) is 2.09. The zero-order valence-electron chi connectivity index (χ0n) is 6.92. The van der Waals surface area contributed by atoms with Gasteiger partial charge in [0.2, 0.25) is 11.8 Å². The van der Waals surface area contributed by atoms with Crippen molar-refractivity contribution in [1.82, 2.24) is 4.90 Å². The Morgan fingerprint density at radius 2 is 2.00 bits per heavy atom. The van der Waals surface area contributed by atoms with Crippen molar-refractivity contribution in [3.05, 3.63) is 0 Å². The molecule has 1 rings (SSSR count). The smallest absolute Gasteiger partial charge is 0.249 e. The molecule has 1 heterocycles. The lowest BCUT2D eigenvalue weighted by atomic mass is 10.2. The highest BCUT2D eigenvalue weighted by Gasteiger charge is 2.57. The molecule has 62 valence electrons. The molecule has 1 fully saturated rings. The highest BCUT2D eigenvalue weighted by molar-refractivity contribution is 6.04. The summed E-state index contributed by atoms with van der Waals surface area (Å²) >= 11 is 0. The van der Waals surface area contributed by atoms with Gasteiger partial charge < -0.3 is 10.6 Å². The van der Waals surface area contributed by atoms with Crippen LogP contribution in [0.3, 0.4) is 0 Å². The second-order valence-electron chi connectivity index (χ2n) is 3.31. The Morgan fingerprint density at radius 3 is 2.09 bits per heavy atom. The van der Waals surface area contributed by atoms with Gasteiger partial charge in [0.25, 0.3) is 0 Å². The number of carbonyl (C=O) groups excluding carboxylic acids is 2. The van der Waals surface area contributed by atoms with Crippen LogP contribution >= 0.6 is 0 Å². The number of rotatable bonds is 2. The number of nitrogens with zero attached hydrogens (tertiary/aromatic N) is 1. The molecule has 0 aromatic carbocycles. The Kier molecular flexibility index (Phi) is 1.44. The van der Waals surface area contributed by atoms with Crippen LogP contribution in [0, 0.1) is 0 Å². The van der Waals surface area contributed by atoms with Crippen LogP contribution in [0.4, 0.5) is 0 Å². The molecule has 1 saturated heterocycles. The second kappa shape index (κ2) is 1.96. The van der Waals surface area contributed by atoms with Crippen molar-refractivity contribution in [2.75, 3.05) is 0 Å². The number of hydrogen-bond acceptors (Lipinski definition) is 2. The van der Waals surface area contributed by atoms with Crippen LogP contribution in [0.1, 0.15) is 20.8 Å². The van der Waals surface area contributed by atoms with E-state index in [1.165, 1.54) is 4.90 Å². The van der Waals surface area contributed by atoms with E-state index in [0.717, 1.165) is 0 Å². The van der Waals surface area contributed by atoms with E-state index in [1.807, 2.05) is 0 Å². The van der Waals surface area contributed by atoms with Crippen LogP contribution in [0.2, 0.25) is 0 Å². The minimum atomic E-state index is -0.478. The zero-order chi connectivity index (χ0) is 8.81. The number of amides is 2. The lowest BCUT2D eigenvalue weighted by Crippen LogP contribution is -2.34. The normalized spacial score (nSPS) is 23.2. The van der Waals surface area contributed by atoms with Gasteiger partial charge in [-0.15, -0.1) is 0 Å². The molecule has 0 unspecified atom stereocenters. The molecule has 0 bridgehead atoms. The molecular formula is C7H12N2O2. The molecular weight excluding hydrogens is 144 g/mol. The van der Waals surface area contributed by atoms with Crippen molar-refractivity contribution in [2.24, 2.45) is 5.73 Å². The average molecular weight is 156 g/mol. The van der Waals surface area contributed by atoms with Gasteiger partial charge in [0, 0.05) is 0 Å². The van der Waals surface area contributed by atoms with E-state index in [9.17, 15) is 9.59 Å². The van der Waals surface area contributed by atoms with Gasteiger partial charge in [-0.2, -0.15) is 0 Å². The summed E-state index contributed by atoms with van der Waals surface area (Å²) in [6.45, 7) is 5.18. The van der Waals surface area contributed by atoms with Gasteiger partial charge >= 0.3 is 0 Å². The quantitative estimate of drug-likeness (QED) is 0.547. The number of hydrogen-bond donors (Lipinski definition) is 1. The summed E-state index contributed by atoms with van der Waals surface area (Å²) in [6, 6.07) is -0.475. The maximum Gasteiger partial charge on any atom is 0.249 e. The van der Waals surface area contributed by atoms with E-state index in [0.29, 0.717) is 0 Å². The predicted octanol–water partition coefficient (Wildman–Crippen LogP) is -0.519. The molecule has 0 spiro atoms. The van der Waals surface area contributed by atoms with Crippen LogP contribution in [-0.2, 0) is 9.59 Å². The topological polar surface area (TPSA) is 63.2 Å². The summed E-state index contributed by atoms with van der Waals surface area (Å²) in [5.41, 5.74) is 4.55. The van der Waals surface area contributed by atoms with Gasteiger partial charge in [-0.1, -0.05) is 0 Å². The molecule has 1 aliphatic rings. The van der Waals surface area contributed by atoms with E-state index < -0.39 is 17.5 Å². The largest absolute Gasteiger partial charge is 0.368 e. The van der Waals surface area contributed by atoms with Crippen molar-refractivity contribution in [3.8, 4) is 0 Å². The number of nitrogens with two attached hydrogens (primary N) is 1. The van der Waals surface area contributed by atoms with Gasteiger partial charge in [0.05, 0.1) is 0 Å². The molecule has 0 aromatic heterocycles. The molecule has 11 heavy (non-hydrogen) atoms. The summed E-state index contributed by atoms with van der Waals surface area (Å²) in [7, 11) is 0. The average Bonchev–Trinajstić information content (AvgIpc) is 2.32. The van der Waals surface area contributed by atoms with E-state index in [2.05, 4.69) is 0 Å². The fourth-order valence-electron chi connectivity index (χ4n) is 1.20. The molecule has 0 aromatic rings. The van der Waals surface area contributed by atoms with Crippen LogP contribution < -0.4 is 5.73 Å². The SMILES string of the molecule is C[C@H](C(N)=O)N1C(=O)C1(C)C. The molecule has 0 aliphatic carbocycles. The van der Waals surface area contributed by atoms with Crippen LogP contribution in [0.25, 0.3) is 0 Å². The molecule has 2 amide bonds. The third kappa shape index (κ3) is 0.982. The van der Waals surface area contributed by atoms with Gasteiger partial charge in [-0.25, -0.2) is 0 Å². The first-order valence-corrected chi connectivity index (χ1v) is 3.52. The standard InChI is InChI=1S/C7H12N2O2/c1-4(5(8)10)9-6(11)7(9,2)3/h4H,1-3H3,(H2,8,10)/t4-,9?/m1/s1. The van der Waals surface area contributed by atoms with Gasteiger partial charge in [0.15, 0.2) is 0 Å². The first-order valence-electron chi connectivity index (χ1n) is 3.52. The lowest BCUT2D eigenvalue weighted by Gasteiger charge is -2.10. The van der Waals surface area contributed by atoms with Crippen molar-refractivity contribution in [2.45, 2.75) is 32.4 Å². The molecule has 0 saturated carbocycles. The minimum absolute atomic E-state index is 0.0104. The number of carbonyl (C=O) groups is 2. The van der Waals surface area contributed by atoms with Crippen molar-refractivity contribution in [3.63, 3.8) is 0 Å². The Bertz CT molecular complexity index is 222. The van der Waals surface area contributed by atoms with Crippen LogP contribution in [0.5, 0.6) is 0 Å².